The van der Waals surface area contributed by atoms with E-state index in [4.69, 9.17) is 11.6 Å². The Bertz CT molecular complexity index is 974. The van der Waals surface area contributed by atoms with E-state index in [9.17, 15) is 9.59 Å². The maximum Gasteiger partial charge on any atom is 0.309 e. The molecular formula is C25H31ClN4O2. The number of halogens is 1. The fraction of sp³-hybridized carbons (Fsp3) is 0.440. The van der Waals surface area contributed by atoms with E-state index in [1.54, 1.807) is 6.07 Å². The Morgan fingerprint density at radius 1 is 1.00 bits per heavy atom. The second-order valence-electron chi connectivity index (χ2n) is 8.66. The van der Waals surface area contributed by atoms with E-state index < -0.39 is 11.8 Å². The van der Waals surface area contributed by atoms with Gasteiger partial charge in [-0.15, -0.1) is 0 Å². The second-order valence-corrected chi connectivity index (χ2v) is 9.06. The lowest BCUT2D eigenvalue weighted by Crippen LogP contribution is -2.45. The molecule has 2 aliphatic heterocycles. The average Bonchev–Trinajstić information content (AvgIpc) is 3.19. The molecule has 0 bridgehead atoms. The van der Waals surface area contributed by atoms with Gasteiger partial charge in [0.2, 0.25) is 0 Å². The van der Waals surface area contributed by atoms with E-state index in [1.807, 2.05) is 18.2 Å². The van der Waals surface area contributed by atoms with Crippen molar-refractivity contribution in [3.8, 4) is 0 Å². The smallest absolute Gasteiger partial charge is 0.309 e. The number of carbonyl (C=O) groups excluding carboxylic acids is 2. The highest BCUT2D eigenvalue weighted by atomic mass is 35.5. The first-order chi connectivity index (χ1) is 15.5. The van der Waals surface area contributed by atoms with Crippen molar-refractivity contribution in [2.45, 2.75) is 38.3 Å². The van der Waals surface area contributed by atoms with E-state index in [2.05, 4.69) is 45.7 Å². The van der Waals surface area contributed by atoms with Crippen molar-refractivity contribution in [1.29, 1.82) is 0 Å². The Morgan fingerprint density at radius 3 is 2.53 bits per heavy atom. The first kappa shape index (κ1) is 22.6. The second kappa shape index (κ2) is 10.4. The summed E-state index contributed by atoms with van der Waals surface area (Å²) in [7, 11) is 2.12. The summed E-state index contributed by atoms with van der Waals surface area (Å²) >= 11 is 6.13. The highest BCUT2D eigenvalue weighted by Gasteiger charge is 2.26. The third-order valence-corrected chi connectivity index (χ3v) is 6.88. The van der Waals surface area contributed by atoms with Crippen molar-refractivity contribution in [3.63, 3.8) is 0 Å². The number of nitrogens with zero attached hydrogens (tertiary/aromatic N) is 2. The van der Waals surface area contributed by atoms with Gasteiger partial charge in [0.15, 0.2) is 0 Å². The first-order valence-electron chi connectivity index (χ1n) is 11.4. The molecule has 1 unspecified atom stereocenters. The van der Waals surface area contributed by atoms with Crippen LogP contribution in [0.1, 0.15) is 42.0 Å². The molecule has 0 saturated carbocycles. The number of carbonyl (C=O) groups is 2. The number of benzene rings is 2. The van der Waals surface area contributed by atoms with E-state index in [0.29, 0.717) is 11.6 Å². The number of fused-ring (bicyclic) bond motifs is 1. The van der Waals surface area contributed by atoms with Crippen LogP contribution in [0, 0.1) is 0 Å². The number of nitrogens with one attached hydrogen (secondary N) is 2. The minimum atomic E-state index is -0.641. The van der Waals surface area contributed by atoms with Crippen LogP contribution in [0.4, 0.5) is 5.69 Å². The Kier molecular flexibility index (Phi) is 7.33. The van der Waals surface area contributed by atoms with Gasteiger partial charge in [-0.2, -0.15) is 0 Å². The molecule has 1 fully saturated rings. The number of amides is 2. The van der Waals surface area contributed by atoms with E-state index >= 15 is 0 Å². The molecule has 0 aromatic heterocycles. The Morgan fingerprint density at radius 2 is 1.75 bits per heavy atom. The summed E-state index contributed by atoms with van der Waals surface area (Å²) in [6.45, 7) is 3.69. The minimum absolute atomic E-state index is 0.0619. The molecule has 32 heavy (non-hydrogen) atoms. The Balaban J connectivity index is 1.40. The number of hydrogen-bond donors (Lipinski definition) is 2. The molecule has 2 heterocycles. The SMILES string of the molecule is CN1CCc2cc(C(CNC(=O)C(=O)NCc3ccccc3Cl)N3CCCCC3)ccc21. The molecule has 2 amide bonds. The maximum atomic E-state index is 12.5. The van der Waals surface area contributed by atoms with Crippen LogP contribution in [0.2, 0.25) is 5.02 Å². The van der Waals surface area contributed by atoms with Gasteiger partial charge < -0.3 is 15.5 Å². The Hall–Kier alpha value is -2.57. The van der Waals surface area contributed by atoms with Crippen LogP contribution in [0.5, 0.6) is 0 Å². The molecule has 4 rings (SSSR count). The van der Waals surface area contributed by atoms with Gasteiger partial charge in [0.1, 0.15) is 0 Å². The zero-order chi connectivity index (χ0) is 22.5. The van der Waals surface area contributed by atoms with Gasteiger partial charge in [0.05, 0.1) is 6.04 Å². The van der Waals surface area contributed by atoms with Crippen molar-refractivity contribution < 1.29 is 9.59 Å². The third kappa shape index (κ3) is 5.25. The average molecular weight is 455 g/mol. The zero-order valence-electron chi connectivity index (χ0n) is 18.6. The molecule has 2 aromatic carbocycles. The number of likely N-dealkylation sites (tertiary alicyclic amines) is 1. The summed E-state index contributed by atoms with van der Waals surface area (Å²) < 4.78 is 0. The summed E-state index contributed by atoms with van der Waals surface area (Å²) in [5.41, 5.74) is 4.63. The number of piperidine rings is 1. The lowest BCUT2D eigenvalue weighted by molar-refractivity contribution is -0.139. The number of hydrogen-bond acceptors (Lipinski definition) is 4. The Labute approximate surface area is 194 Å². The molecule has 1 atom stereocenters. The lowest BCUT2D eigenvalue weighted by atomic mass is 9.98. The molecule has 2 aliphatic rings. The van der Waals surface area contributed by atoms with Crippen LogP contribution < -0.4 is 15.5 Å². The zero-order valence-corrected chi connectivity index (χ0v) is 19.3. The maximum absolute atomic E-state index is 12.5. The normalized spacial score (nSPS) is 17.0. The van der Waals surface area contributed by atoms with Crippen LogP contribution in [-0.2, 0) is 22.6 Å². The van der Waals surface area contributed by atoms with Crippen LogP contribution in [-0.4, -0.2) is 49.9 Å². The van der Waals surface area contributed by atoms with E-state index in [1.165, 1.54) is 23.2 Å². The number of likely N-dealkylation sites (N-methyl/N-ethyl adjacent to an activating group) is 1. The van der Waals surface area contributed by atoms with Crippen molar-refractivity contribution in [2.75, 3.05) is 38.1 Å². The standard InChI is InChI=1S/C25H31ClN4O2/c1-29-14-11-19-15-18(9-10-22(19)29)23(30-12-5-2-6-13-30)17-28-25(32)24(31)27-16-20-7-3-4-8-21(20)26/h3-4,7-10,15,23H,2,5-6,11-14,16-17H2,1H3,(H,27,31)(H,28,32). The highest BCUT2D eigenvalue weighted by molar-refractivity contribution is 6.35. The minimum Gasteiger partial charge on any atom is -0.374 e. The molecular weight excluding hydrogens is 424 g/mol. The molecule has 1 saturated heterocycles. The molecule has 2 N–H and O–H groups in total. The van der Waals surface area contributed by atoms with Crippen molar-refractivity contribution in [3.05, 3.63) is 64.2 Å². The fourth-order valence-corrected chi connectivity index (χ4v) is 4.85. The van der Waals surface area contributed by atoms with Crippen LogP contribution in [0.25, 0.3) is 0 Å². The third-order valence-electron chi connectivity index (χ3n) is 6.51. The summed E-state index contributed by atoms with van der Waals surface area (Å²) in [5.74, 6) is -1.25. The summed E-state index contributed by atoms with van der Waals surface area (Å²) in [6, 6.07) is 14.0. The summed E-state index contributed by atoms with van der Waals surface area (Å²) in [4.78, 5) is 29.6. The molecule has 7 heteroatoms. The van der Waals surface area contributed by atoms with Crippen molar-refractivity contribution in [2.24, 2.45) is 0 Å². The summed E-state index contributed by atoms with van der Waals surface area (Å²) in [5, 5.41) is 6.11. The van der Waals surface area contributed by atoms with Crippen molar-refractivity contribution in [1.82, 2.24) is 15.5 Å². The largest absolute Gasteiger partial charge is 0.374 e. The number of anilines is 1. The monoisotopic (exact) mass is 454 g/mol. The van der Waals surface area contributed by atoms with Gasteiger partial charge in [-0.05, 0) is 61.2 Å². The van der Waals surface area contributed by atoms with E-state index in [0.717, 1.165) is 44.5 Å². The lowest BCUT2D eigenvalue weighted by Gasteiger charge is -2.35. The van der Waals surface area contributed by atoms with Gasteiger partial charge in [-0.3, -0.25) is 14.5 Å². The van der Waals surface area contributed by atoms with Gasteiger partial charge in [-0.25, -0.2) is 0 Å². The molecule has 0 aliphatic carbocycles. The highest BCUT2D eigenvalue weighted by Crippen LogP contribution is 2.32. The first-order valence-corrected chi connectivity index (χ1v) is 11.8. The van der Waals surface area contributed by atoms with Crippen molar-refractivity contribution >= 4 is 29.1 Å². The predicted molar refractivity (Wildman–Crippen MR) is 128 cm³/mol. The van der Waals surface area contributed by atoms with Gasteiger partial charge >= 0.3 is 11.8 Å². The topological polar surface area (TPSA) is 64.7 Å². The van der Waals surface area contributed by atoms with Gasteiger partial charge in [0.25, 0.3) is 0 Å². The van der Waals surface area contributed by atoms with Crippen LogP contribution in [0.3, 0.4) is 0 Å². The molecule has 0 spiro atoms. The summed E-state index contributed by atoms with van der Waals surface area (Å²) in [6.07, 6.45) is 4.62. The predicted octanol–water partition coefficient (Wildman–Crippen LogP) is 3.29. The molecule has 2 aromatic rings. The number of rotatable bonds is 6. The fourth-order valence-electron chi connectivity index (χ4n) is 4.65. The van der Waals surface area contributed by atoms with Crippen LogP contribution >= 0.6 is 11.6 Å². The van der Waals surface area contributed by atoms with Crippen LogP contribution in [0.15, 0.2) is 42.5 Å². The van der Waals surface area contributed by atoms with E-state index in [-0.39, 0.29) is 12.6 Å². The molecule has 0 radical (unpaired) electrons. The molecule has 6 nitrogen and oxygen atoms in total. The van der Waals surface area contributed by atoms with Gasteiger partial charge in [0, 0.05) is 37.4 Å². The van der Waals surface area contributed by atoms with Gasteiger partial charge in [-0.1, -0.05) is 48.4 Å². The quantitative estimate of drug-likeness (QED) is 0.657. The molecule has 170 valence electrons.